The lowest BCUT2D eigenvalue weighted by atomic mass is 10.1. The number of hydrogen-bond donors (Lipinski definition) is 0. The zero-order chi connectivity index (χ0) is 14.7. The van der Waals surface area contributed by atoms with Crippen LogP contribution in [0.15, 0.2) is 65.4 Å². The molecule has 2 nitrogen and oxygen atoms in total. The first kappa shape index (κ1) is 14.0. The van der Waals surface area contributed by atoms with Crippen LogP contribution in [0.1, 0.15) is 17.0 Å². The Hall–Kier alpha value is -1.94. The fraction of sp³-hybridized carbons (Fsp3) is 0.118. The Balaban J connectivity index is 1.81. The van der Waals surface area contributed by atoms with Crippen molar-refractivity contribution in [2.75, 3.05) is 0 Å². The average Bonchev–Trinajstić information content (AvgIpc) is 2.86. The summed E-state index contributed by atoms with van der Waals surface area (Å²) in [5.41, 5.74) is 2.12. The maximum atomic E-state index is 13.3. The molecule has 1 heterocycles. The highest BCUT2D eigenvalue weighted by Gasteiger charge is 2.06. The zero-order valence-corrected chi connectivity index (χ0v) is 12.9. The van der Waals surface area contributed by atoms with Gasteiger partial charge in [-0.1, -0.05) is 40.2 Å². The molecule has 106 valence electrons. The topological polar surface area (TPSA) is 17.8 Å². The summed E-state index contributed by atoms with van der Waals surface area (Å²) < 4.78 is 16.4. The van der Waals surface area contributed by atoms with Gasteiger partial charge in [-0.05, 0) is 35.4 Å². The van der Waals surface area contributed by atoms with E-state index in [1.807, 2.05) is 24.4 Å². The molecular weight excluding hydrogens is 331 g/mol. The highest BCUT2D eigenvalue weighted by Crippen LogP contribution is 2.15. The van der Waals surface area contributed by atoms with Gasteiger partial charge in [0, 0.05) is 29.8 Å². The molecule has 3 aromatic rings. The third-order valence-electron chi connectivity index (χ3n) is 3.29. The van der Waals surface area contributed by atoms with Crippen LogP contribution < -0.4 is 0 Å². The van der Waals surface area contributed by atoms with Crippen LogP contribution in [0.5, 0.6) is 0 Å². The summed E-state index contributed by atoms with van der Waals surface area (Å²) >= 11 is 3.48. The van der Waals surface area contributed by atoms with Crippen LogP contribution in [-0.2, 0) is 13.0 Å². The van der Waals surface area contributed by atoms with Crippen molar-refractivity contribution in [2.24, 2.45) is 0 Å². The number of halogens is 2. The molecule has 0 amide bonds. The van der Waals surface area contributed by atoms with E-state index in [1.54, 1.807) is 18.3 Å². The molecule has 0 spiro atoms. The molecule has 0 unspecified atom stereocenters. The number of aromatic nitrogens is 2. The smallest absolute Gasteiger partial charge is 0.123 e. The van der Waals surface area contributed by atoms with Crippen molar-refractivity contribution < 1.29 is 4.39 Å². The van der Waals surface area contributed by atoms with E-state index in [2.05, 4.69) is 37.6 Å². The predicted octanol–water partition coefficient (Wildman–Crippen LogP) is 4.42. The maximum Gasteiger partial charge on any atom is 0.123 e. The van der Waals surface area contributed by atoms with Gasteiger partial charge in [-0.3, -0.25) is 0 Å². The molecule has 0 bridgehead atoms. The van der Waals surface area contributed by atoms with Crippen LogP contribution >= 0.6 is 15.9 Å². The van der Waals surface area contributed by atoms with Crippen molar-refractivity contribution in [3.8, 4) is 0 Å². The van der Waals surface area contributed by atoms with Gasteiger partial charge in [0.25, 0.3) is 0 Å². The van der Waals surface area contributed by atoms with E-state index in [-0.39, 0.29) is 5.82 Å². The van der Waals surface area contributed by atoms with Gasteiger partial charge >= 0.3 is 0 Å². The molecule has 4 heteroatoms. The van der Waals surface area contributed by atoms with Crippen LogP contribution in [0.4, 0.5) is 4.39 Å². The number of rotatable bonds is 4. The quantitative estimate of drug-likeness (QED) is 0.684. The zero-order valence-electron chi connectivity index (χ0n) is 11.3. The van der Waals surface area contributed by atoms with Crippen LogP contribution in [0.2, 0.25) is 0 Å². The number of benzene rings is 2. The molecule has 0 saturated heterocycles. The minimum Gasteiger partial charge on any atom is -0.330 e. The van der Waals surface area contributed by atoms with Crippen molar-refractivity contribution in [1.29, 1.82) is 0 Å². The summed E-state index contributed by atoms with van der Waals surface area (Å²) in [7, 11) is 0. The van der Waals surface area contributed by atoms with Crippen molar-refractivity contribution in [1.82, 2.24) is 9.55 Å². The lowest BCUT2D eigenvalue weighted by Gasteiger charge is -2.08. The standard InChI is InChI=1S/C17H14BrFN2/c18-15-5-1-3-13(9-15)11-17-20-7-8-21(17)12-14-4-2-6-16(19)10-14/h1-10H,11-12H2. The van der Waals surface area contributed by atoms with Crippen molar-refractivity contribution >= 4 is 15.9 Å². The summed E-state index contributed by atoms with van der Waals surface area (Å²) in [4.78, 5) is 4.41. The predicted molar refractivity (Wildman–Crippen MR) is 84.7 cm³/mol. The van der Waals surface area contributed by atoms with E-state index < -0.39 is 0 Å². The summed E-state index contributed by atoms with van der Waals surface area (Å²) in [6.45, 7) is 0.626. The summed E-state index contributed by atoms with van der Waals surface area (Å²) in [5.74, 6) is 0.763. The Morgan fingerprint density at radius 3 is 2.67 bits per heavy atom. The van der Waals surface area contributed by atoms with E-state index >= 15 is 0 Å². The van der Waals surface area contributed by atoms with Crippen molar-refractivity contribution in [3.63, 3.8) is 0 Å². The lowest BCUT2D eigenvalue weighted by molar-refractivity contribution is 0.622. The Kier molecular flexibility index (Phi) is 4.15. The molecule has 0 fully saturated rings. The van der Waals surface area contributed by atoms with Crippen LogP contribution in [-0.4, -0.2) is 9.55 Å². The molecule has 3 rings (SSSR count). The lowest BCUT2D eigenvalue weighted by Crippen LogP contribution is -2.05. The normalized spacial score (nSPS) is 10.8. The maximum absolute atomic E-state index is 13.3. The number of nitrogens with zero attached hydrogens (tertiary/aromatic N) is 2. The monoisotopic (exact) mass is 344 g/mol. The summed E-state index contributed by atoms with van der Waals surface area (Å²) in [6.07, 6.45) is 4.46. The molecule has 0 saturated carbocycles. The van der Waals surface area contributed by atoms with Gasteiger partial charge in [0.05, 0.1) is 0 Å². The minimum absolute atomic E-state index is 0.207. The Morgan fingerprint density at radius 1 is 1.05 bits per heavy atom. The second kappa shape index (κ2) is 6.22. The minimum atomic E-state index is -0.207. The van der Waals surface area contributed by atoms with Crippen LogP contribution in [0, 0.1) is 5.82 Å². The number of imidazole rings is 1. The van der Waals surface area contributed by atoms with Crippen molar-refractivity contribution in [2.45, 2.75) is 13.0 Å². The second-order valence-corrected chi connectivity index (χ2v) is 5.82. The highest BCUT2D eigenvalue weighted by atomic mass is 79.9. The van der Waals surface area contributed by atoms with Gasteiger partial charge < -0.3 is 4.57 Å². The van der Waals surface area contributed by atoms with Gasteiger partial charge in [-0.2, -0.15) is 0 Å². The molecule has 0 N–H and O–H groups in total. The molecule has 1 aromatic heterocycles. The summed E-state index contributed by atoms with van der Waals surface area (Å²) in [5, 5.41) is 0. The SMILES string of the molecule is Fc1cccc(Cn2ccnc2Cc2cccc(Br)c2)c1. The molecule has 0 radical (unpaired) electrons. The van der Waals surface area contributed by atoms with E-state index in [9.17, 15) is 4.39 Å². The molecule has 0 aliphatic rings. The fourth-order valence-corrected chi connectivity index (χ4v) is 2.76. The summed E-state index contributed by atoms with van der Waals surface area (Å²) in [6, 6.07) is 14.8. The van der Waals surface area contributed by atoms with Gasteiger partial charge in [0.15, 0.2) is 0 Å². The highest BCUT2D eigenvalue weighted by molar-refractivity contribution is 9.10. The van der Waals surface area contributed by atoms with Gasteiger partial charge in [-0.25, -0.2) is 9.37 Å². The Morgan fingerprint density at radius 2 is 1.86 bits per heavy atom. The van der Waals surface area contributed by atoms with Gasteiger partial charge in [-0.15, -0.1) is 0 Å². The first-order valence-electron chi connectivity index (χ1n) is 6.69. The number of hydrogen-bond acceptors (Lipinski definition) is 1. The van der Waals surface area contributed by atoms with E-state index in [1.165, 1.54) is 11.6 Å². The average molecular weight is 345 g/mol. The Bertz CT molecular complexity index is 690. The van der Waals surface area contributed by atoms with E-state index in [0.717, 1.165) is 22.3 Å². The molecule has 0 aliphatic heterocycles. The molecule has 21 heavy (non-hydrogen) atoms. The third-order valence-corrected chi connectivity index (χ3v) is 3.79. The van der Waals surface area contributed by atoms with E-state index in [4.69, 9.17) is 0 Å². The van der Waals surface area contributed by atoms with E-state index in [0.29, 0.717) is 6.54 Å². The van der Waals surface area contributed by atoms with Crippen molar-refractivity contribution in [3.05, 3.63) is 88.2 Å². The molecule has 0 aliphatic carbocycles. The third kappa shape index (κ3) is 3.58. The molecule has 0 atom stereocenters. The largest absolute Gasteiger partial charge is 0.330 e. The molecule has 2 aromatic carbocycles. The van der Waals surface area contributed by atoms with Crippen LogP contribution in [0.3, 0.4) is 0 Å². The first-order valence-corrected chi connectivity index (χ1v) is 7.49. The van der Waals surface area contributed by atoms with Crippen LogP contribution in [0.25, 0.3) is 0 Å². The van der Waals surface area contributed by atoms with Gasteiger partial charge in [0.1, 0.15) is 11.6 Å². The van der Waals surface area contributed by atoms with Gasteiger partial charge in [0.2, 0.25) is 0 Å². The first-order chi connectivity index (χ1) is 10.2. The molecular formula is C17H14BrFN2. The Labute approximate surface area is 131 Å². The fourth-order valence-electron chi connectivity index (χ4n) is 2.31. The second-order valence-electron chi connectivity index (χ2n) is 4.91.